The van der Waals surface area contributed by atoms with Crippen molar-refractivity contribution in [2.24, 2.45) is 16.8 Å². The minimum Gasteiger partial charge on any atom is -0.469 e. The highest BCUT2D eigenvalue weighted by Gasteiger charge is 2.38. The van der Waals surface area contributed by atoms with Gasteiger partial charge in [-0.05, 0) is 23.6 Å². The molecule has 2 atom stereocenters. The Balaban J connectivity index is 0.00000320. The van der Waals surface area contributed by atoms with E-state index in [1.807, 2.05) is 42.3 Å². The van der Waals surface area contributed by atoms with Crippen LogP contribution in [0.3, 0.4) is 0 Å². The zero-order valence-corrected chi connectivity index (χ0v) is 20.3. The maximum Gasteiger partial charge on any atom is 0.223 e. The predicted molar refractivity (Wildman–Crippen MR) is 131 cm³/mol. The molecule has 7 heteroatoms. The Labute approximate surface area is 196 Å². The van der Waals surface area contributed by atoms with Gasteiger partial charge in [0.15, 0.2) is 5.96 Å². The number of likely N-dealkylation sites (tertiary alicyclic amines) is 1. The zero-order valence-electron chi connectivity index (χ0n) is 18.0. The van der Waals surface area contributed by atoms with Crippen molar-refractivity contribution in [3.8, 4) is 0 Å². The van der Waals surface area contributed by atoms with Gasteiger partial charge < -0.3 is 20.0 Å². The van der Waals surface area contributed by atoms with Crippen LogP contribution in [0.25, 0.3) is 0 Å². The van der Waals surface area contributed by atoms with Crippen molar-refractivity contribution >= 4 is 35.8 Å². The number of guanidine groups is 1. The fourth-order valence-corrected chi connectivity index (χ4v) is 3.72. The van der Waals surface area contributed by atoms with Crippen molar-refractivity contribution in [2.75, 3.05) is 26.7 Å². The first-order valence-corrected chi connectivity index (χ1v) is 10.4. The monoisotopic (exact) mass is 524 g/mol. The van der Waals surface area contributed by atoms with Gasteiger partial charge in [-0.25, -0.2) is 0 Å². The van der Waals surface area contributed by atoms with Crippen LogP contribution >= 0.6 is 24.0 Å². The maximum atomic E-state index is 12.4. The maximum absolute atomic E-state index is 12.4. The van der Waals surface area contributed by atoms with E-state index in [1.54, 1.807) is 6.26 Å². The summed E-state index contributed by atoms with van der Waals surface area (Å²) in [7, 11) is 1.90. The fourth-order valence-electron chi connectivity index (χ4n) is 3.72. The Bertz CT molecular complexity index is 793. The summed E-state index contributed by atoms with van der Waals surface area (Å²) in [6.45, 7) is 6.49. The van der Waals surface area contributed by atoms with E-state index in [0.29, 0.717) is 18.9 Å². The van der Waals surface area contributed by atoms with Crippen LogP contribution < -0.4 is 10.6 Å². The summed E-state index contributed by atoms with van der Waals surface area (Å²) in [5.74, 6) is 2.62. The molecule has 1 aromatic carbocycles. The van der Waals surface area contributed by atoms with Gasteiger partial charge in [-0.15, -0.1) is 24.0 Å². The molecule has 30 heavy (non-hydrogen) atoms. The van der Waals surface area contributed by atoms with Gasteiger partial charge in [-0.3, -0.25) is 9.79 Å². The summed E-state index contributed by atoms with van der Waals surface area (Å²) >= 11 is 0. The van der Waals surface area contributed by atoms with Gasteiger partial charge in [-0.2, -0.15) is 0 Å². The quantitative estimate of drug-likeness (QED) is 0.313. The Morgan fingerprint density at radius 1 is 1.20 bits per heavy atom. The van der Waals surface area contributed by atoms with E-state index in [2.05, 4.69) is 36.6 Å². The first kappa shape index (κ1) is 24.2. The summed E-state index contributed by atoms with van der Waals surface area (Å²) in [5.41, 5.74) is 1.18. The molecule has 1 aliphatic rings. The molecule has 164 valence electrons. The Hall–Kier alpha value is -2.03. The molecule has 2 N–H and O–H groups in total. The number of benzene rings is 1. The minimum absolute atomic E-state index is 0. The molecule has 0 aliphatic carbocycles. The molecule has 2 aromatic rings. The second-order valence-corrected chi connectivity index (χ2v) is 8.04. The summed E-state index contributed by atoms with van der Waals surface area (Å²) in [6.07, 6.45) is 3.04. The van der Waals surface area contributed by atoms with E-state index in [0.717, 1.165) is 31.2 Å². The van der Waals surface area contributed by atoms with Gasteiger partial charge in [0.1, 0.15) is 5.76 Å². The fraction of sp³-hybridized carbons (Fsp3) is 0.478. The number of amides is 1. The number of halogens is 1. The number of nitrogens with zero attached hydrogens (tertiary/aromatic N) is 2. The molecule has 3 rings (SSSR count). The lowest BCUT2D eigenvalue weighted by atomic mass is 9.94. The smallest absolute Gasteiger partial charge is 0.223 e. The van der Waals surface area contributed by atoms with Gasteiger partial charge in [0.05, 0.1) is 12.3 Å². The molecule has 6 nitrogen and oxygen atoms in total. The van der Waals surface area contributed by atoms with Crippen molar-refractivity contribution < 1.29 is 9.21 Å². The first-order valence-electron chi connectivity index (χ1n) is 10.4. The van der Waals surface area contributed by atoms with Gasteiger partial charge in [0, 0.05) is 45.4 Å². The number of hydrogen-bond acceptors (Lipinski definition) is 3. The molecule has 1 amide bonds. The van der Waals surface area contributed by atoms with Crippen molar-refractivity contribution in [1.29, 1.82) is 0 Å². The van der Waals surface area contributed by atoms with E-state index < -0.39 is 0 Å². The minimum atomic E-state index is 0. The third-order valence-electron chi connectivity index (χ3n) is 5.23. The van der Waals surface area contributed by atoms with Crippen molar-refractivity contribution in [2.45, 2.75) is 32.7 Å². The van der Waals surface area contributed by atoms with E-state index in [9.17, 15) is 4.79 Å². The van der Waals surface area contributed by atoms with Crippen LogP contribution in [-0.4, -0.2) is 43.4 Å². The van der Waals surface area contributed by atoms with Crippen LogP contribution in [0.5, 0.6) is 0 Å². The number of hydrogen-bond donors (Lipinski definition) is 2. The second kappa shape index (κ2) is 12.0. The van der Waals surface area contributed by atoms with Crippen LogP contribution in [0.2, 0.25) is 0 Å². The van der Waals surface area contributed by atoms with Crippen LogP contribution in [0, 0.1) is 11.8 Å². The lowest BCUT2D eigenvalue weighted by Crippen LogP contribution is -2.41. The standard InChI is InChI=1S/C23H32N4O2.HI/c1-17(2)15-25-23(24-12-11-20-10-7-13-29-20)26-16-19-14-21(28)27(3)22(19)18-8-5-4-6-9-18;/h4-10,13,17,19,22H,11-12,14-16H2,1-3H3,(H2,24,25,26);1H. The van der Waals surface area contributed by atoms with Crippen LogP contribution in [-0.2, 0) is 11.2 Å². The summed E-state index contributed by atoms with van der Waals surface area (Å²) in [4.78, 5) is 18.9. The summed E-state index contributed by atoms with van der Waals surface area (Å²) in [5, 5.41) is 6.86. The average molecular weight is 524 g/mol. The number of furan rings is 1. The second-order valence-electron chi connectivity index (χ2n) is 8.04. The Kier molecular flexibility index (Phi) is 9.68. The lowest BCUT2D eigenvalue weighted by molar-refractivity contribution is -0.127. The van der Waals surface area contributed by atoms with Crippen LogP contribution in [0.15, 0.2) is 58.1 Å². The number of carbonyl (C=O) groups is 1. The molecule has 0 radical (unpaired) electrons. The molecule has 1 aliphatic heterocycles. The average Bonchev–Trinajstić information content (AvgIpc) is 3.32. The highest BCUT2D eigenvalue weighted by Crippen LogP contribution is 2.36. The van der Waals surface area contributed by atoms with E-state index in [-0.39, 0.29) is 41.8 Å². The molecule has 0 bridgehead atoms. The molecule has 1 aromatic heterocycles. The van der Waals surface area contributed by atoms with E-state index in [1.165, 1.54) is 5.56 Å². The number of aliphatic imine (C=N–C) groups is 1. The van der Waals surface area contributed by atoms with Crippen molar-refractivity contribution in [3.63, 3.8) is 0 Å². The topological polar surface area (TPSA) is 69.9 Å². The largest absolute Gasteiger partial charge is 0.469 e. The number of rotatable bonds is 8. The molecule has 0 spiro atoms. The van der Waals surface area contributed by atoms with E-state index in [4.69, 9.17) is 9.41 Å². The van der Waals surface area contributed by atoms with Crippen LogP contribution in [0.1, 0.15) is 37.6 Å². The first-order chi connectivity index (χ1) is 14.0. The molecular weight excluding hydrogens is 491 g/mol. The Morgan fingerprint density at radius 3 is 2.63 bits per heavy atom. The van der Waals surface area contributed by atoms with Gasteiger partial charge in [-0.1, -0.05) is 44.2 Å². The number of carbonyl (C=O) groups excluding carboxylic acids is 1. The van der Waals surface area contributed by atoms with Gasteiger partial charge in [0.25, 0.3) is 0 Å². The highest BCUT2D eigenvalue weighted by molar-refractivity contribution is 14.0. The van der Waals surface area contributed by atoms with Gasteiger partial charge >= 0.3 is 0 Å². The molecule has 0 saturated carbocycles. The van der Waals surface area contributed by atoms with Crippen LogP contribution in [0.4, 0.5) is 0 Å². The van der Waals surface area contributed by atoms with Crippen molar-refractivity contribution in [1.82, 2.24) is 15.5 Å². The molecule has 1 saturated heterocycles. The third kappa shape index (κ3) is 6.75. The molecular formula is C23H33IN4O2. The molecule has 2 unspecified atom stereocenters. The number of nitrogens with one attached hydrogen (secondary N) is 2. The lowest BCUT2D eigenvalue weighted by Gasteiger charge is -2.26. The normalized spacial score (nSPS) is 19.1. The third-order valence-corrected chi connectivity index (χ3v) is 5.23. The molecule has 1 fully saturated rings. The van der Waals surface area contributed by atoms with Crippen molar-refractivity contribution in [3.05, 3.63) is 60.1 Å². The Morgan fingerprint density at radius 2 is 1.97 bits per heavy atom. The van der Waals surface area contributed by atoms with E-state index >= 15 is 0 Å². The SMILES string of the molecule is CC(C)CN=C(NCCc1ccco1)NCC1CC(=O)N(C)C1c1ccccc1.I. The summed E-state index contributed by atoms with van der Waals surface area (Å²) in [6, 6.07) is 14.2. The predicted octanol–water partition coefficient (Wildman–Crippen LogP) is 3.85. The van der Waals surface area contributed by atoms with Gasteiger partial charge in [0.2, 0.25) is 5.91 Å². The highest BCUT2D eigenvalue weighted by atomic mass is 127. The molecule has 2 heterocycles. The summed E-state index contributed by atoms with van der Waals surface area (Å²) < 4.78 is 5.40. The zero-order chi connectivity index (χ0) is 20.6.